The van der Waals surface area contributed by atoms with Crippen molar-refractivity contribution >= 4 is 23.5 Å². The first-order valence-electron chi connectivity index (χ1n) is 11.9. The third-order valence-electron chi connectivity index (χ3n) is 5.92. The average molecular weight is 471 g/mol. The summed E-state index contributed by atoms with van der Waals surface area (Å²) in [5.74, 6) is 3.21. The number of hydrogen-bond acceptors (Lipinski definition) is 7. The number of rotatable bonds is 9. The Morgan fingerprint density at radius 3 is 2.64 bits per heavy atom. The molecule has 33 heavy (non-hydrogen) atoms. The van der Waals surface area contributed by atoms with Crippen molar-refractivity contribution in [3.05, 3.63) is 35.0 Å². The van der Waals surface area contributed by atoms with E-state index in [0.29, 0.717) is 37.1 Å². The van der Waals surface area contributed by atoms with Crippen LogP contribution in [0.2, 0.25) is 0 Å². The molecular formula is C25H34N4O3S. The van der Waals surface area contributed by atoms with Gasteiger partial charge in [0.05, 0.1) is 13.2 Å². The average Bonchev–Trinajstić information content (AvgIpc) is 3.15. The molecule has 0 radical (unpaired) electrons. The molecule has 7 nitrogen and oxygen atoms in total. The molecule has 0 spiro atoms. The van der Waals surface area contributed by atoms with E-state index >= 15 is 0 Å². The fourth-order valence-electron chi connectivity index (χ4n) is 4.50. The van der Waals surface area contributed by atoms with Gasteiger partial charge in [0.1, 0.15) is 6.04 Å². The summed E-state index contributed by atoms with van der Waals surface area (Å²) in [7, 11) is 0. The smallest absolute Gasteiger partial charge is 0.227 e. The number of aromatic nitrogens is 3. The summed E-state index contributed by atoms with van der Waals surface area (Å²) in [6.07, 6.45) is 3.56. The lowest BCUT2D eigenvalue weighted by Gasteiger charge is -2.38. The van der Waals surface area contributed by atoms with E-state index in [9.17, 15) is 4.79 Å². The van der Waals surface area contributed by atoms with E-state index in [1.165, 1.54) is 0 Å². The fourth-order valence-corrected chi connectivity index (χ4v) is 5.42. The number of nitrogens with zero attached hydrogens (tertiary/aromatic N) is 3. The number of Topliss-reactive ketones (excluding diaryl/α,β-unsaturated/α-hetero) is 1. The van der Waals surface area contributed by atoms with Gasteiger partial charge in [-0.3, -0.25) is 4.79 Å². The number of unbranched alkanes of at least 4 members (excludes halogenated alkanes) is 1. The van der Waals surface area contributed by atoms with Crippen molar-refractivity contribution in [3.8, 4) is 11.5 Å². The minimum Gasteiger partial charge on any atom is -0.490 e. The number of thioether (sulfide) groups is 1. The standard InChI is InChI=1S/C25H34N4O3S/c1-6-9-12-33-24-27-23-26-17-14-25(4,5)15-18(30)21(17)22(29(23)28-24)16-10-11-19(31-7-2)20(13-16)32-8-3/h10-11,13,22H,6-9,12,14-15H2,1-5H3,(H,26,27,28). The molecule has 1 atom stereocenters. The van der Waals surface area contributed by atoms with E-state index in [4.69, 9.17) is 19.6 Å². The molecule has 1 N–H and O–H groups in total. The molecular weight excluding hydrogens is 436 g/mol. The maximum absolute atomic E-state index is 13.4. The molecule has 0 saturated heterocycles. The van der Waals surface area contributed by atoms with Crippen LogP contribution in [0.3, 0.4) is 0 Å². The van der Waals surface area contributed by atoms with Crippen molar-refractivity contribution in [2.75, 3.05) is 24.3 Å². The summed E-state index contributed by atoms with van der Waals surface area (Å²) in [6, 6.07) is 5.58. The quantitative estimate of drug-likeness (QED) is 0.376. The zero-order valence-electron chi connectivity index (χ0n) is 20.2. The molecule has 1 aromatic heterocycles. The highest BCUT2D eigenvalue weighted by Crippen LogP contribution is 2.46. The van der Waals surface area contributed by atoms with E-state index in [1.807, 2.05) is 36.7 Å². The van der Waals surface area contributed by atoms with Gasteiger partial charge >= 0.3 is 0 Å². The molecule has 4 rings (SSSR count). The van der Waals surface area contributed by atoms with Crippen molar-refractivity contribution < 1.29 is 14.3 Å². The molecule has 1 aliphatic carbocycles. The molecule has 1 unspecified atom stereocenters. The Morgan fingerprint density at radius 2 is 1.91 bits per heavy atom. The van der Waals surface area contributed by atoms with E-state index < -0.39 is 0 Å². The minimum atomic E-state index is -0.345. The van der Waals surface area contributed by atoms with Gasteiger partial charge in [-0.15, -0.1) is 5.10 Å². The highest BCUT2D eigenvalue weighted by Gasteiger charge is 2.42. The van der Waals surface area contributed by atoms with Gasteiger partial charge < -0.3 is 14.8 Å². The molecule has 1 aromatic carbocycles. The molecule has 2 aliphatic rings. The predicted molar refractivity (Wildman–Crippen MR) is 131 cm³/mol. The summed E-state index contributed by atoms with van der Waals surface area (Å²) in [5.41, 5.74) is 2.59. The Kier molecular flexibility index (Phi) is 7.02. The van der Waals surface area contributed by atoms with Gasteiger partial charge in [0.25, 0.3) is 0 Å². The summed E-state index contributed by atoms with van der Waals surface area (Å²) in [4.78, 5) is 18.2. The highest BCUT2D eigenvalue weighted by atomic mass is 32.2. The van der Waals surface area contributed by atoms with Gasteiger partial charge in [-0.2, -0.15) is 4.98 Å². The number of ketones is 1. The van der Waals surface area contributed by atoms with Crippen molar-refractivity contribution in [2.24, 2.45) is 5.41 Å². The van der Waals surface area contributed by atoms with Crippen LogP contribution in [0.15, 0.2) is 34.6 Å². The molecule has 0 saturated carbocycles. The van der Waals surface area contributed by atoms with Crippen molar-refractivity contribution in [3.63, 3.8) is 0 Å². The maximum atomic E-state index is 13.4. The highest BCUT2D eigenvalue weighted by molar-refractivity contribution is 7.99. The number of carbonyl (C=O) groups excluding carboxylic acids is 1. The van der Waals surface area contributed by atoms with Crippen LogP contribution in [0.25, 0.3) is 0 Å². The van der Waals surface area contributed by atoms with Crippen molar-refractivity contribution in [2.45, 2.75) is 71.5 Å². The number of benzene rings is 1. The van der Waals surface area contributed by atoms with E-state index in [2.05, 4.69) is 26.1 Å². The zero-order valence-corrected chi connectivity index (χ0v) is 21.1. The second-order valence-corrected chi connectivity index (χ2v) is 10.4. The van der Waals surface area contributed by atoms with Gasteiger partial charge in [0, 0.05) is 23.4 Å². The van der Waals surface area contributed by atoms with Crippen LogP contribution >= 0.6 is 11.8 Å². The van der Waals surface area contributed by atoms with Crippen LogP contribution in [0.5, 0.6) is 11.5 Å². The Labute approximate surface area is 200 Å². The van der Waals surface area contributed by atoms with Gasteiger partial charge in [-0.05, 0) is 49.8 Å². The number of nitrogens with one attached hydrogen (secondary N) is 1. The first kappa shape index (κ1) is 23.7. The normalized spacial score (nSPS) is 19.1. The van der Waals surface area contributed by atoms with E-state index in [-0.39, 0.29) is 17.2 Å². The molecule has 178 valence electrons. The molecule has 0 amide bonds. The van der Waals surface area contributed by atoms with Crippen LogP contribution in [-0.4, -0.2) is 39.5 Å². The topological polar surface area (TPSA) is 78.3 Å². The SMILES string of the molecule is CCCCSc1nc2n(n1)C(c1ccc(OCC)c(OCC)c1)C1=C(CC(C)(C)CC1=O)N2. The lowest BCUT2D eigenvalue weighted by Crippen LogP contribution is -2.36. The number of anilines is 1. The summed E-state index contributed by atoms with van der Waals surface area (Å²) < 4.78 is 13.5. The molecule has 0 bridgehead atoms. The Hall–Kier alpha value is -2.48. The van der Waals surface area contributed by atoms with Gasteiger partial charge in [-0.25, -0.2) is 4.68 Å². The second-order valence-electron chi connectivity index (χ2n) is 9.30. The van der Waals surface area contributed by atoms with E-state index in [0.717, 1.165) is 47.0 Å². The van der Waals surface area contributed by atoms with Crippen LogP contribution in [0.1, 0.15) is 71.9 Å². The first-order valence-corrected chi connectivity index (χ1v) is 12.9. The Morgan fingerprint density at radius 1 is 1.15 bits per heavy atom. The van der Waals surface area contributed by atoms with Crippen LogP contribution < -0.4 is 14.8 Å². The van der Waals surface area contributed by atoms with Crippen LogP contribution in [0, 0.1) is 5.41 Å². The van der Waals surface area contributed by atoms with Crippen molar-refractivity contribution in [1.82, 2.24) is 14.8 Å². The van der Waals surface area contributed by atoms with Gasteiger partial charge in [-0.1, -0.05) is 45.0 Å². The van der Waals surface area contributed by atoms with Gasteiger partial charge in [0.2, 0.25) is 11.1 Å². The largest absolute Gasteiger partial charge is 0.490 e. The van der Waals surface area contributed by atoms with Crippen LogP contribution in [-0.2, 0) is 4.79 Å². The van der Waals surface area contributed by atoms with Crippen molar-refractivity contribution in [1.29, 1.82) is 0 Å². The van der Waals surface area contributed by atoms with E-state index in [1.54, 1.807) is 11.8 Å². The maximum Gasteiger partial charge on any atom is 0.227 e. The molecule has 2 heterocycles. The predicted octanol–water partition coefficient (Wildman–Crippen LogP) is 5.63. The summed E-state index contributed by atoms with van der Waals surface area (Å²) in [5, 5.41) is 9.00. The molecule has 8 heteroatoms. The summed E-state index contributed by atoms with van der Waals surface area (Å²) >= 11 is 1.66. The Bertz CT molecular complexity index is 1060. The second kappa shape index (κ2) is 9.79. The monoisotopic (exact) mass is 470 g/mol. The minimum absolute atomic E-state index is 0.0936. The number of ether oxygens (including phenoxy) is 2. The number of fused-ring (bicyclic) bond motifs is 1. The lowest BCUT2D eigenvalue weighted by atomic mass is 9.73. The number of carbonyl (C=O) groups is 1. The number of allylic oxidation sites excluding steroid dienone is 2. The molecule has 0 fully saturated rings. The summed E-state index contributed by atoms with van der Waals surface area (Å²) in [6.45, 7) is 11.5. The molecule has 1 aliphatic heterocycles. The third kappa shape index (κ3) is 4.90. The zero-order chi connectivity index (χ0) is 23.6. The Balaban J connectivity index is 1.81. The van der Waals surface area contributed by atoms with Gasteiger partial charge in [0.15, 0.2) is 17.3 Å². The number of hydrogen-bond donors (Lipinski definition) is 1. The lowest BCUT2D eigenvalue weighted by molar-refractivity contribution is -0.118. The third-order valence-corrected chi connectivity index (χ3v) is 6.85. The van der Waals surface area contributed by atoms with Crippen LogP contribution in [0.4, 0.5) is 5.95 Å². The molecule has 2 aromatic rings. The first-order chi connectivity index (χ1) is 15.9. The fraction of sp³-hybridized carbons (Fsp3) is 0.560.